The van der Waals surface area contributed by atoms with Crippen molar-refractivity contribution < 1.29 is 0 Å². The lowest BCUT2D eigenvalue weighted by Gasteiger charge is -2.35. The van der Waals surface area contributed by atoms with Gasteiger partial charge in [-0.1, -0.05) is 33.1 Å². The van der Waals surface area contributed by atoms with E-state index in [0.29, 0.717) is 10.5 Å². The second kappa shape index (κ2) is 3.30. The highest BCUT2D eigenvalue weighted by Gasteiger charge is 2.27. The Morgan fingerprint density at radius 2 is 1.55 bits per heavy atom. The minimum absolute atomic E-state index is 0.559. The highest BCUT2D eigenvalue weighted by Crippen LogP contribution is 2.37. The van der Waals surface area contributed by atoms with E-state index in [-0.39, 0.29) is 0 Å². The summed E-state index contributed by atoms with van der Waals surface area (Å²) in [6.07, 6.45) is 2.38. The Labute approximate surface area is 73.3 Å². The van der Waals surface area contributed by atoms with Crippen LogP contribution in [0.15, 0.2) is 0 Å². The lowest BCUT2D eigenvalue weighted by atomic mass is 9.84. The van der Waals surface area contributed by atoms with E-state index in [2.05, 4.69) is 39.3 Å². The summed E-state index contributed by atoms with van der Waals surface area (Å²) in [5.41, 5.74) is 0. The molecule has 1 aliphatic rings. The maximum absolute atomic E-state index is 2.55. The van der Waals surface area contributed by atoms with Gasteiger partial charge in [0.1, 0.15) is 0 Å². The molecule has 0 amide bonds. The number of rotatable bonds is 0. The van der Waals surface area contributed by atoms with Gasteiger partial charge in [-0.05, 0) is 29.3 Å². The monoisotopic (exact) mass is 172 g/mol. The van der Waals surface area contributed by atoms with E-state index in [4.69, 9.17) is 0 Å². The third-order valence-electron chi connectivity index (χ3n) is 3.41. The molecular weight excluding hydrogens is 152 g/mol. The quantitative estimate of drug-likeness (QED) is 0.493. The molecular formula is C10H20S. The van der Waals surface area contributed by atoms with Crippen LogP contribution >= 0.6 is 10.5 Å². The molecule has 0 nitrogen and oxygen atoms in total. The van der Waals surface area contributed by atoms with Crippen molar-refractivity contribution in [3.63, 3.8) is 0 Å². The Morgan fingerprint density at radius 1 is 1.00 bits per heavy atom. The summed E-state index contributed by atoms with van der Waals surface area (Å²) in [6.45, 7) is 9.55. The molecule has 0 bridgehead atoms. The number of hydrogen-bond acceptors (Lipinski definition) is 0. The van der Waals surface area contributed by atoms with Crippen LogP contribution in [0.5, 0.6) is 0 Å². The predicted octanol–water partition coefficient (Wildman–Crippen LogP) is 3.00. The molecule has 66 valence electrons. The third-order valence-corrected chi connectivity index (χ3v) is 5.88. The molecule has 0 saturated heterocycles. The highest BCUT2D eigenvalue weighted by molar-refractivity contribution is 8.15. The minimum atomic E-state index is 0.559. The van der Waals surface area contributed by atoms with Gasteiger partial charge < -0.3 is 0 Å². The summed E-state index contributed by atoms with van der Waals surface area (Å²) in [6, 6.07) is 0. The van der Waals surface area contributed by atoms with Crippen molar-refractivity contribution in [3.8, 4) is 0 Å². The summed E-state index contributed by atoms with van der Waals surface area (Å²) in [5.74, 6) is 2.62. The first-order chi connectivity index (χ1) is 5.04. The van der Waals surface area contributed by atoms with Crippen LogP contribution < -0.4 is 0 Å². The third kappa shape index (κ3) is 1.69. The van der Waals surface area contributed by atoms with E-state index in [1.54, 1.807) is 0 Å². The number of hydrogen-bond donors (Lipinski definition) is 0. The van der Waals surface area contributed by atoms with Crippen LogP contribution in [0.4, 0.5) is 0 Å². The Hall–Kier alpha value is 0.220. The van der Waals surface area contributed by atoms with E-state index in [1.165, 1.54) is 0 Å². The molecule has 0 saturated carbocycles. The second-order valence-corrected chi connectivity index (χ2v) is 6.26. The van der Waals surface area contributed by atoms with E-state index >= 15 is 0 Å². The van der Waals surface area contributed by atoms with Crippen molar-refractivity contribution in [2.45, 2.75) is 32.9 Å². The molecule has 0 spiro atoms. The molecule has 1 aliphatic heterocycles. The molecule has 0 aromatic heterocycles. The molecule has 1 heteroatoms. The van der Waals surface area contributed by atoms with Gasteiger partial charge in [0, 0.05) is 0 Å². The van der Waals surface area contributed by atoms with Gasteiger partial charge in [-0.2, -0.15) is 10.5 Å². The maximum Gasteiger partial charge on any atom is -0.000794 e. The molecule has 1 heterocycles. The van der Waals surface area contributed by atoms with Crippen LogP contribution in [0.2, 0.25) is 0 Å². The summed E-state index contributed by atoms with van der Waals surface area (Å²) >= 11 is 0. The minimum Gasteiger partial charge on any atom is -0.190 e. The summed E-state index contributed by atoms with van der Waals surface area (Å²) in [7, 11) is 0.559. The molecule has 11 heavy (non-hydrogen) atoms. The topological polar surface area (TPSA) is 0 Å². The van der Waals surface area contributed by atoms with Gasteiger partial charge in [-0.15, -0.1) is 0 Å². The highest BCUT2D eigenvalue weighted by atomic mass is 32.2. The lowest BCUT2D eigenvalue weighted by Crippen LogP contribution is -2.30. The van der Waals surface area contributed by atoms with Crippen LogP contribution in [-0.4, -0.2) is 16.9 Å². The van der Waals surface area contributed by atoms with Crippen LogP contribution in [0.1, 0.15) is 27.7 Å². The van der Waals surface area contributed by atoms with Gasteiger partial charge >= 0.3 is 0 Å². The first-order valence-corrected chi connectivity index (χ1v) is 6.28. The maximum atomic E-state index is 2.55. The molecule has 0 N–H and O–H groups in total. The van der Waals surface area contributed by atoms with Gasteiger partial charge in [0.15, 0.2) is 0 Å². The Balaban J connectivity index is 2.83. The zero-order chi connectivity index (χ0) is 8.59. The molecule has 5 atom stereocenters. The SMILES string of the molecule is CC1C=S(C)C(C)C(C)C1C. The second-order valence-electron chi connectivity index (χ2n) is 4.03. The standard InChI is InChI=1S/C10H20S/c1-7-6-11(5)10(4)9(3)8(7)2/h6-10H,1-5H3. The molecule has 0 radical (unpaired) electrons. The smallest absolute Gasteiger partial charge is 0.000794 e. The zero-order valence-corrected chi connectivity index (χ0v) is 9.11. The van der Waals surface area contributed by atoms with Crippen molar-refractivity contribution in [3.05, 3.63) is 0 Å². The van der Waals surface area contributed by atoms with Crippen LogP contribution in [0.3, 0.4) is 0 Å². The van der Waals surface area contributed by atoms with Gasteiger partial charge in [-0.25, -0.2) is 0 Å². The first-order valence-electron chi connectivity index (χ1n) is 4.52. The Morgan fingerprint density at radius 3 is 2.09 bits per heavy atom. The van der Waals surface area contributed by atoms with Gasteiger partial charge in [0.25, 0.3) is 0 Å². The molecule has 1 rings (SSSR count). The molecule has 5 unspecified atom stereocenters. The van der Waals surface area contributed by atoms with Gasteiger partial charge in [0.2, 0.25) is 0 Å². The van der Waals surface area contributed by atoms with Crippen LogP contribution in [0, 0.1) is 17.8 Å². The van der Waals surface area contributed by atoms with Crippen molar-refractivity contribution in [2.75, 3.05) is 6.26 Å². The van der Waals surface area contributed by atoms with E-state index in [1.807, 2.05) is 0 Å². The largest absolute Gasteiger partial charge is 0.190 e. The predicted molar refractivity (Wildman–Crippen MR) is 56.5 cm³/mol. The van der Waals surface area contributed by atoms with E-state index in [9.17, 15) is 0 Å². The van der Waals surface area contributed by atoms with Gasteiger partial charge in [-0.3, -0.25) is 0 Å². The first kappa shape index (κ1) is 9.31. The zero-order valence-electron chi connectivity index (χ0n) is 8.29. The fourth-order valence-electron chi connectivity index (χ4n) is 1.83. The molecule has 0 aromatic rings. The summed E-state index contributed by atoms with van der Waals surface area (Å²) in [5, 5.41) is 3.45. The lowest BCUT2D eigenvalue weighted by molar-refractivity contribution is 0.332. The normalized spacial score (nSPS) is 51.9. The van der Waals surface area contributed by atoms with Gasteiger partial charge in [0.05, 0.1) is 0 Å². The van der Waals surface area contributed by atoms with Crippen LogP contribution in [0.25, 0.3) is 0 Å². The fourth-order valence-corrected chi connectivity index (χ4v) is 3.93. The Kier molecular flexibility index (Phi) is 2.79. The van der Waals surface area contributed by atoms with Crippen LogP contribution in [-0.2, 0) is 0 Å². The van der Waals surface area contributed by atoms with Crippen molar-refractivity contribution in [1.29, 1.82) is 0 Å². The molecule has 0 fully saturated rings. The average molecular weight is 172 g/mol. The van der Waals surface area contributed by atoms with E-state index in [0.717, 1.165) is 23.0 Å². The fraction of sp³-hybridized carbons (Fsp3) is 0.900. The molecule has 0 aliphatic carbocycles. The average Bonchev–Trinajstić information content (AvgIpc) is 1.97. The Bertz CT molecular complexity index is 172. The van der Waals surface area contributed by atoms with Crippen molar-refractivity contribution in [2.24, 2.45) is 17.8 Å². The summed E-state index contributed by atoms with van der Waals surface area (Å²) < 4.78 is 0. The summed E-state index contributed by atoms with van der Waals surface area (Å²) in [4.78, 5) is 0. The van der Waals surface area contributed by atoms with E-state index < -0.39 is 0 Å². The van der Waals surface area contributed by atoms with Crippen molar-refractivity contribution >= 4 is 15.9 Å². The van der Waals surface area contributed by atoms with Crippen molar-refractivity contribution in [1.82, 2.24) is 0 Å². The molecule has 0 aromatic carbocycles.